The Hall–Kier alpha value is -2.95. The second-order valence-electron chi connectivity index (χ2n) is 11.3. The third-order valence-electron chi connectivity index (χ3n) is 5.93. The van der Waals surface area contributed by atoms with Gasteiger partial charge in [0.1, 0.15) is 12.3 Å². The van der Waals surface area contributed by atoms with Crippen molar-refractivity contribution in [3.8, 4) is 0 Å². The maximum atomic E-state index is 15.6. The second-order valence-corrected chi connectivity index (χ2v) is 13.4. The van der Waals surface area contributed by atoms with Gasteiger partial charge in [-0.2, -0.15) is 4.98 Å². The van der Waals surface area contributed by atoms with Crippen LogP contribution in [0.2, 0.25) is 0 Å². The molecule has 230 valence electrons. The summed E-state index contributed by atoms with van der Waals surface area (Å²) >= 11 is 0. The van der Waals surface area contributed by atoms with E-state index in [1.807, 2.05) is 0 Å². The van der Waals surface area contributed by atoms with Crippen LogP contribution in [0.1, 0.15) is 47.8 Å². The van der Waals surface area contributed by atoms with E-state index in [0.29, 0.717) is 0 Å². The number of fused-ring (bicyclic) bond motifs is 1. The van der Waals surface area contributed by atoms with E-state index in [9.17, 15) is 24.1 Å². The summed E-state index contributed by atoms with van der Waals surface area (Å²) in [6.45, 7) is 7.76. The molecule has 4 atom stereocenters. The van der Waals surface area contributed by atoms with Crippen molar-refractivity contribution in [2.45, 2.75) is 65.8 Å². The van der Waals surface area contributed by atoms with Crippen LogP contribution in [0.4, 0.5) is 10.3 Å². The number of alkyl halides is 1. The van der Waals surface area contributed by atoms with Gasteiger partial charge in [-0.25, -0.2) is 9.37 Å². The SMILES string of the molecule is CO[C@]1(CP(=O)(OCOC(=O)C(C)(C)C)OCOC(=O)C(C)(C)C)O[C@@H](n2cnc3c(=O)[nH]c(N)nc32)[C@H](F)[C@@H]1O. The van der Waals surface area contributed by atoms with Gasteiger partial charge in [0.05, 0.1) is 17.2 Å². The zero-order valence-electron chi connectivity index (χ0n) is 23.7. The van der Waals surface area contributed by atoms with Gasteiger partial charge in [0.25, 0.3) is 5.56 Å². The lowest BCUT2D eigenvalue weighted by molar-refractivity contribution is -0.241. The minimum absolute atomic E-state index is 0.156. The molecule has 0 saturated carbocycles. The average molecular weight is 608 g/mol. The van der Waals surface area contributed by atoms with Gasteiger partial charge < -0.3 is 29.8 Å². The number of carbonyl (C=O) groups excluding carboxylic acids is 2. The van der Waals surface area contributed by atoms with E-state index in [0.717, 1.165) is 18.0 Å². The number of nitrogens with one attached hydrogen (secondary N) is 1. The average Bonchev–Trinajstić information content (AvgIpc) is 3.37. The van der Waals surface area contributed by atoms with Gasteiger partial charge in [-0.15, -0.1) is 0 Å². The van der Waals surface area contributed by atoms with Gasteiger partial charge in [-0.3, -0.25) is 37.5 Å². The van der Waals surface area contributed by atoms with Gasteiger partial charge in [0.15, 0.2) is 23.6 Å². The first-order valence-electron chi connectivity index (χ1n) is 12.3. The minimum atomic E-state index is -4.55. The summed E-state index contributed by atoms with van der Waals surface area (Å²) in [5, 5.41) is 10.9. The highest BCUT2D eigenvalue weighted by Gasteiger charge is 2.60. The van der Waals surface area contributed by atoms with Gasteiger partial charge in [0, 0.05) is 7.11 Å². The molecule has 0 aliphatic carbocycles. The summed E-state index contributed by atoms with van der Waals surface area (Å²) in [4.78, 5) is 46.6. The third kappa shape index (κ3) is 7.10. The molecule has 0 bridgehead atoms. The monoisotopic (exact) mass is 607 g/mol. The Morgan fingerprint density at radius 3 is 2.20 bits per heavy atom. The first-order valence-corrected chi connectivity index (χ1v) is 14.1. The quantitative estimate of drug-likeness (QED) is 0.199. The number of nitrogen functional groups attached to an aromatic ring is 1. The number of nitrogens with zero attached hydrogens (tertiary/aromatic N) is 3. The zero-order valence-corrected chi connectivity index (χ0v) is 24.6. The molecule has 1 aliphatic rings. The number of ether oxygens (including phenoxy) is 4. The van der Waals surface area contributed by atoms with Crippen molar-refractivity contribution < 1.29 is 51.6 Å². The summed E-state index contributed by atoms with van der Waals surface area (Å²) in [5.41, 5.74) is 2.73. The summed E-state index contributed by atoms with van der Waals surface area (Å²) in [7, 11) is -3.49. The number of rotatable bonds is 10. The summed E-state index contributed by atoms with van der Waals surface area (Å²) in [6, 6.07) is 0. The topological polar surface area (TPSA) is 216 Å². The number of aromatic nitrogens is 4. The van der Waals surface area contributed by atoms with Crippen molar-refractivity contribution in [2.24, 2.45) is 10.8 Å². The Morgan fingerprint density at radius 2 is 1.71 bits per heavy atom. The number of nitrogens with two attached hydrogens (primary N) is 1. The van der Waals surface area contributed by atoms with Crippen LogP contribution in [-0.2, 0) is 42.1 Å². The van der Waals surface area contributed by atoms with Crippen LogP contribution in [0.25, 0.3) is 11.2 Å². The van der Waals surface area contributed by atoms with Gasteiger partial charge in [0.2, 0.25) is 25.3 Å². The molecule has 41 heavy (non-hydrogen) atoms. The normalized spacial score (nSPS) is 23.6. The van der Waals surface area contributed by atoms with E-state index in [-0.39, 0.29) is 17.1 Å². The number of imidazole rings is 1. The van der Waals surface area contributed by atoms with Gasteiger partial charge in [-0.05, 0) is 41.5 Å². The Bertz CT molecular complexity index is 1350. The molecule has 1 fully saturated rings. The predicted octanol–water partition coefficient (Wildman–Crippen LogP) is 1.59. The number of hydrogen-bond donors (Lipinski definition) is 3. The molecule has 3 rings (SSSR count). The van der Waals surface area contributed by atoms with Crippen molar-refractivity contribution in [1.29, 1.82) is 0 Å². The largest absolute Gasteiger partial charge is 0.438 e. The van der Waals surface area contributed by atoms with E-state index < -0.39 is 80.0 Å². The smallest absolute Gasteiger partial charge is 0.342 e. The van der Waals surface area contributed by atoms with E-state index in [4.69, 9.17) is 33.7 Å². The maximum absolute atomic E-state index is 15.6. The van der Waals surface area contributed by atoms with Crippen LogP contribution in [-0.4, -0.2) is 81.5 Å². The molecule has 0 aromatic carbocycles. The highest BCUT2D eigenvalue weighted by molar-refractivity contribution is 7.53. The Balaban J connectivity index is 1.89. The molecule has 3 heterocycles. The summed E-state index contributed by atoms with van der Waals surface area (Å²) in [6.07, 6.45) is -5.91. The number of halogens is 1. The van der Waals surface area contributed by atoms with Gasteiger partial charge in [-0.1, -0.05) is 0 Å². The molecule has 18 heteroatoms. The van der Waals surface area contributed by atoms with Crippen LogP contribution >= 0.6 is 7.60 Å². The molecule has 16 nitrogen and oxygen atoms in total. The predicted molar refractivity (Wildman–Crippen MR) is 139 cm³/mol. The minimum Gasteiger partial charge on any atom is -0.438 e. The molecule has 0 unspecified atom stereocenters. The standard InChI is InChI=1S/C23H35FN5O11P/c1-21(2,3)18(32)36-10-38-41(34,39-11-37-19(33)22(4,5)6)8-23(35-7)14(30)12(24)17(40-23)29-9-26-13-15(29)27-20(25)28-16(13)31/h9,12,14,17,30H,8,10-11H2,1-7H3,(H3,25,27,28,31)/t12-,14+,17-,23-/m1/s1. The van der Waals surface area contributed by atoms with Crippen LogP contribution in [0, 0.1) is 10.8 Å². The van der Waals surface area contributed by atoms with Crippen LogP contribution < -0.4 is 11.3 Å². The molecular weight excluding hydrogens is 572 g/mol. The summed E-state index contributed by atoms with van der Waals surface area (Å²) in [5.74, 6) is -4.04. The lowest BCUT2D eigenvalue weighted by atomic mass is 9.98. The van der Waals surface area contributed by atoms with E-state index in [1.54, 1.807) is 41.5 Å². The first kappa shape index (κ1) is 32.6. The fraction of sp³-hybridized carbons (Fsp3) is 0.696. The van der Waals surface area contributed by atoms with Crippen molar-refractivity contribution in [1.82, 2.24) is 19.5 Å². The first-order chi connectivity index (χ1) is 18.8. The van der Waals surface area contributed by atoms with E-state index in [2.05, 4.69) is 15.0 Å². The number of H-pyrrole nitrogens is 1. The van der Waals surface area contributed by atoms with Crippen molar-refractivity contribution in [2.75, 3.05) is 32.6 Å². The third-order valence-corrected chi connectivity index (χ3v) is 7.76. The number of aliphatic hydroxyl groups is 1. The highest BCUT2D eigenvalue weighted by atomic mass is 31.2. The fourth-order valence-corrected chi connectivity index (χ4v) is 5.21. The lowest BCUT2D eigenvalue weighted by Crippen LogP contribution is -2.47. The van der Waals surface area contributed by atoms with Gasteiger partial charge >= 0.3 is 19.5 Å². The molecule has 0 amide bonds. The van der Waals surface area contributed by atoms with E-state index in [1.165, 1.54) is 0 Å². The number of carbonyl (C=O) groups is 2. The molecule has 0 radical (unpaired) electrons. The van der Waals surface area contributed by atoms with Crippen LogP contribution in [0.5, 0.6) is 0 Å². The van der Waals surface area contributed by atoms with Crippen molar-refractivity contribution in [3.05, 3.63) is 16.7 Å². The number of esters is 2. The molecule has 1 saturated heterocycles. The molecule has 1 aliphatic heterocycles. The summed E-state index contributed by atoms with van der Waals surface area (Å²) < 4.78 is 62.0. The Morgan fingerprint density at radius 1 is 1.17 bits per heavy atom. The molecular formula is C23H35FN5O11P. The number of methoxy groups -OCH3 is 1. The van der Waals surface area contributed by atoms with Crippen molar-refractivity contribution >= 4 is 36.6 Å². The molecule has 4 N–H and O–H groups in total. The van der Waals surface area contributed by atoms with Crippen LogP contribution in [0.15, 0.2) is 11.1 Å². The second kappa shape index (κ2) is 11.7. The fourth-order valence-electron chi connectivity index (χ4n) is 3.59. The number of aliphatic hydroxyl groups excluding tert-OH is 1. The van der Waals surface area contributed by atoms with Crippen LogP contribution in [0.3, 0.4) is 0 Å². The molecule has 2 aromatic rings. The Labute approximate surface area is 234 Å². The zero-order chi connectivity index (χ0) is 31.0. The highest BCUT2D eigenvalue weighted by Crippen LogP contribution is 2.55. The lowest BCUT2D eigenvalue weighted by Gasteiger charge is -2.33. The molecule has 0 spiro atoms. The van der Waals surface area contributed by atoms with Crippen molar-refractivity contribution in [3.63, 3.8) is 0 Å². The number of aromatic amines is 1. The Kier molecular flexibility index (Phi) is 9.32. The number of anilines is 1. The molecule has 2 aromatic heterocycles. The maximum Gasteiger partial charge on any atom is 0.342 e. The van der Waals surface area contributed by atoms with E-state index >= 15 is 4.39 Å². The number of hydrogen-bond acceptors (Lipinski definition) is 14.